The lowest BCUT2D eigenvalue weighted by Gasteiger charge is -2.36. The number of piperazine rings is 1. The molecule has 2 rings (SSSR count). The smallest absolute Gasteiger partial charge is 0.225 e. The molecule has 1 aromatic heterocycles. The van der Waals surface area contributed by atoms with Crippen LogP contribution in [0.4, 0.5) is 5.95 Å². The zero-order valence-corrected chi connectivity index (χ0v) is 10.6. The first kappa shape index (κ1) is 12.7. The predicted molar refractivity (Wildman–Crippen MR) is 68.9 cm³/mol. The maximum Gasteiger partial charge on any atom is 0.225 e. The van der Waals surface area contributed by atoms with E-state index in [1.807, 2.05) is 6.07 Å². The summed E-state index contributed by atoms with van der Waals surface area (Å²) in [4.78, 5) is 12.8. The molecule has 1 fully saturated rings. The highest BCUT2D eigenvalue weighted by molar-refractivity contribution is 5.29. The fourth-order valence-corrected chi connectivity index (χ4v) is 2.06. The second-order valence-corrected chi connectivity index (χ2v) is 4.84. The molecule has 1 saturated heterocycles. The molecule has 96 valence electrons. The van der Waals surface area contributed by atoms with Crippen molar-refractivity contribution in [2.24, 2.45) is 5.73 Å². The van der Waals surface area contributed by atoms with Gasteiger partial charge in [-0.1, -0.05) is 0 Å². The van der Waals surface area contributed by atoms with E-state index < -0.39 is 5.54 Å². The maximum atomic E-state index is 8.92. The van der Waals surface area contributed by atoms with Crippen molar-refractivity contribution >= 4 is 5.95 Å². The third kappa shape index (κ3) is 3.15. The minimum atomic E-state index is -0.772. The Morgan fingerprint density at radius 1 is 1.33 bits per heavy atom. The first-order chi connectivity index (χ1) is 8.61. The SMILES string of the molecule is CC(N)(C#N)CN1CCN(c2ncccn2)CC1. The van der Waals surface area contributed by atoms with Gasteiger partial charge in [-0.25, -0.2) is 9.97 Å². The molecule has 0 bridgehead atoms. The summed E-state index contributed by atoms with van der Waals surface area (Å²) < 4.78 is 0. The van der Waals surface area contributed by atoms with Crippen molar-refractivity contribution in [3.05, 3.63) is 18.5 Å². The van der Waals surface area contributed by atoms with Crippen molar-refractivity contribution in [3.8, 4) is 6.07 Å². The van der Waals surface area contributed by atoms with Gasteiger partial charge in [0.2, 0.25) is 5.95 Å². The summed E-state index contributed by atoms with van der Waals surface area (Å²) in [7, 11) is 0. The second-order valence-electron chi connectivity index (χ2n) is 4.84. The highest BCUT2D eigenvalue weighted by Crippen LogP contribution is 2.11. The molecule has 0 radical (unpaired) electrons. The monoisotopic (exact) mass is 246 g/mol. The molecule has 1 aromatic rings. The van der Waals surface area contributed by atoms with Gasteiger partial charge in [0.1, 0.15) is 5.54 Å². The van der Waals surface area contributed by atoms with Crippen molar-refractivity contribution in [2.75, 3.05) is 37.6 Å². The van der Waals surface area contributed by atoms with Gasteiger partial charge in [0.25, 0.3) is 0 Å². The van der Waals surface area contributed by atoms with E-state index in [4.69, 9.17) is 11.0 Å². The average Bonchev–Trinajstić information content (AvgIpc) is 2.40. The van der Waals surface area contributed by atoms with Crippen LogP contribution in [0.5, 0.6) is 0 Å². The van der Waals surface area contributed by atoms with Crippen molar-refractivity contribution in [1.29, 1.82) is 5.26 Å². The standard InChI is InChI=1S/C12H18N6/c1-12(14,9-13)10-17-5-7-18(8-6-17)11-15-3-2-4-16-11/h2-4H,5-8,10,14H2,1H3. The summed E-state index contributed by atoms with van der Waals surface area (Å²) in [6.07, 6.45) is 3.50. The lowest BCUT2D eigenvalue weighted by molar-refractivity contribution is 0.227. The largest absolute Gasteiger partial charge is 0.338 e. The van der Waals surface area contributed by atoms with E-state index in [-0.39, 0.29) is 0 Å². The number of hydrogen-bond donors (Lipinski definition) is 1. The molecular weight excluding hydrogens is 228 g/mol. The van der Waals surface area contributed by atoms with Crippen LogP contribution >= 0.6 is 0 Å². The van der Waals surface area contributed by atoms with Gasteiger partial charge >= 0.3 is 0 Å². The van der Waals surface area contributed by atoms with Gasteiger partial charge < -0.3 is 10.6 Å². The van der Waals surface area contributed by atoms with Crippen molar-refractivity contribution < 1.29 is 0 Å². The van der Waals surface area contributed by atoms with Crippen LogP contribution in [-0.2, 0) is 0 Å². The summed E-state index contributed by atoms with van der Waals surface area (Å²) in [6, 6.07) is 3.94. The minimum Gasteiger partial charge on any atom is -0.338 e. The molecule has 1 unspecified atom stereocenters. The summed E-state index contributed by atoms with van der Waals surface area (Å²) in [5.74, 6) is 0.771. The summed E-state index contributed by atoms with van der Waals surface area (Å²) in [5, 5.41) is 8.92. The number of anilines is 1. The highest BCUT2D eigenvalue weighted by atomic mass is 15.3. The first-order valence-corrected chi connectivity index (χ1v) is 6.05. The third-order valence-electron chi connectivity index (χ3n) is 3.01. The Hall–Kier alpha value is -1.71. The second kappa shape index (κ2) is 5.29. The molecule has 6 heteroatoms. The van der Waals surface area contributed by atoms with E-state index in [9.17, 15) is 0 Å². The third-order valence-corrected chi connectivity index (χ3v) is 3.01. The zero-order chi connectivity index (χ0) is 13.0. The Morgan fingerprint density at radius 3 is 2.50 bits per heavy atom. The van der Waals surface area contributed by atoms with Crippen LogP contribution in [-0.4, -0.2) is 53.1 Å². The van der Waals surface area contributed by atoms with E-state index in [2.05, 4.69) is 25.8 Å². The Kier molecular flexibility index (Phi) is 3.75. The molecule has 18 heavy (non-hydrogen) atoms. The maximum absolute atomic E-state index is 8.92. The van der Waals surface area contributed by atoms with Crippen LogP contribution < -0.4 is 10.6 Å². The summed E-state index contributed by atoms with van der Waals surface area (Å²) in [6.45, 7) is 5.86. The van der Waals surface area contributed by atoms with Crippen LogP contribution in [0.2, 0.25) is 0 Å². The molecule has 2 heterocycles. The van der Waals surface area contributed by atoms with E-state index >= 15 is 0 Å². The molecular formula is C12H18N6. The van der Waals surface area contributed by atoms with E-state index in [1.165, 1.54) is 0 Å². The van der Waals surface area contributed by atoms with E-state index in [0.29, 0.717) is 6.54 Å². The molecule has 0 amide bonds. The average molecular weight is 246 g/mol. The van der Waals surface area contributed by atoms with Crippen molar-refractivity contribution in [3.63, 3.8) is 0 Å². The van der Waals surface area contributed by atoms with Crippen LogP contribution in [0.1, 0.15) is 6.92 Å². The molecule has 1 atom stereocenters. The predicted octanol–water partition coefficient (Wildman–Crippen LogP) is -0.160. The van der Waals surface area contributed by atoms with Crippen LogP contribution in [0.15, 0.2) is 18.5 Å². The lowest BCUT2D eigenvalue weighted by Crippen LogP contribution is -2.53. The lowest BCUT2D eigenvalue weighted by atomic mass is 10.1. The van der Waals surface area contributed by atoms with Gasteiger partial charge in [-0.2, -0.15) is 5.26 Å². The molecule has 1 aliphatic rings. The topological polar surface area (TPSA) is 82.1 Å². The van der Waals surface area contributed by atoms with Gasteiger partial charge in [-0.3, -0.25) is 4.90 Å². The fourth-order valence-electron chi connectivity index (χ4n) is 2.06. The van der Waals surface area contributed by atoms with Gasteiger partial charge in [0.05, 0.1) is 6.07 Å². The van der Waals surface area contributed by atoms with E-state index in [0.717, 1.165) is 32.1 Å². The Bertz CT molecular complexity index is 416. The Labute approximate surface area is 107 Å². The van der Waals surface area contributed by atoms with Gasteiger partial charge in [-0.15, -0.1) is 0 Å². The number of nitriles is 1. The van der Waals surface area contributed by atoms with Crippen LogP contribution in [0.25, 0.3) is 0 Å². The number of hydrogen-bond acceptors (Lipinski definition) is 6. The summed E-state index contributed by atoms with van der Waals surface area (Å²) in [5.41, 5.74) is 5.08. The quantitative estimate of drug-likeness (QED) is 0.798. The number of aromatic nitrogens is 2. The normalized spacial score (nSPS) is 20.2. The number of nitrogens with two attached hydrogens (primary N) is 1. The van der Waals surface area contributed by atoms with E-state index in [1.54, 1.807) is 19.3 Å². The van der Waals surface area contributed by atoms with Gasteiger partial charge in [0, 0.05) is 45.1 Å². The number of rotatable bonds is 3. The Balaban J connectivity index is 1.88. The fraction of sp³-hybridized carbons (Fsp3) is 0.583. The first-order valence-electron chi connectivity index (χ1n) is 6.05. The van der Waals surface area contributed by atoms with Crippen LogP contribution in [0, 0.1) is 11.3 Å². The molecule has 0 saturated carbocycles. The van der Waals surface area contributed by atoms with Crippen molar-refractivity contribution in [1.82, 2.24) is 14.9 Å². The molecule has 0 aromatic carbocycles. The highest BCUT2D eigenvalue weighted by Gasteiger charge is 2.25. The molecule has 1 aliphatic heterocycles. The molecule has 0 aliphatic carbocycles. The minimum absolute atomic E-state index is 0.604. The zero-order valence-electron chi connectivity index (χ0n) is 10.6. The number of nitrogens with zero attached hydrogens (tertiary/aromatic N) is 5. The molecule has 6 nitrogen and oxygen atoms in total. The van der Waals surface area contributed by atoms with Gasteiger partial charge in [0.15, 0.2) is 0 Å². The molecule has 2 N–H and O–H groups in total. The van der Waals surface area contributed by atoms with Gasteiger partial charge in [-0.05, 0) is 13.0 Å². The van der Waals surface area contributed by atoms with Crippen LogP contribution in [0.3, 0.4) is 0 Å². The summed E-state index contributed by atoms with van der Waals surface area (Å²) >= 11 is 0. The van der Waals surface area contributed by atoms with Crippen molar-refractivity contribution in [2.45, 2.75) is 12.5 Å². The molecule has 0 spiro atoms. The Morgan fingerprint density at radius 2 is 1.94 bits per heavy atom.